The number of nitrogens with one attached hydrogen (secondary N) is 1. The van der Waals surface area contributed by atoms with Crippen LogP contribution in [0.25, 0.3) is 0 Å². The van der Waals surface area contributed by atoms with E-state index in [1.165, 1.54) is 6.21 Å². The summed E-state index contributed by atoms with van der Waals surface area (Å²) < 4.78 is 0. The second kappa shape index (κ2) is 3.46. The monoisotopic (exact) mass is 148 g/mol. The van der Waals surface area contributed by atoms with Gasteiger partial charge in [0.05, 0.1) is 11.9 Å². The van der Waals surface area contributed by atoms with Crippen LogP contribution in [0.3, 0.4) is 0 Å². The van der Waals surface area contributed by atoms with E-state index in [9.17, 15) is 0 Å². The molecule has 1 aromatic carbocycles. The SMILES string of the molecule is N=Nc1ccc(C=NN)cc1. The van der Waals surface area contributed by atoms with E-state index in [0.29, 0.717) is 5.69 Å². The minimum absolute atomic E-state index is 0.624. The molecule has 4 nitrogen and oxygen atoms in total. The predicted molar refractivity (Wildman–Crippen MR) is 43.0 cm³/mol. The van der Waals surface area contributed by atoms with Gasteiger partial charge in [-0.1, -0.05) is 12.1 Å². The Hall–Kier alpha value is -1.71. The third-order valence-electron chi connectivity index (χ3n) is 1.25. The van der Waals surface area contributed by atoms with Gasteiger partial charge in [0.25, 0.3) is 0 Å². The molecule has 1 aromatic rings. The molecule has 0 bridgehead atoms. The summed E-state index contributed by atoms with van der Waals surface area (Å²) in [7, 11) is 0. The quantitative estimate of drug-likeness (QED) is 0.284. The van der Waals surface area contributed by atoms with Crippen LogP contribution in [0.2, 0.25) is 0 Å². The first-order valence-corrected chi connectivity index (χ1v) is 3.07. The van der Waals surface area contributed by atoms with Gasteiger partial charge in [-0.2, -0.15) is 10.2 Å². The number of hydrogen-bond donors (Lipinski definition) is 2. The Bertz CT molecular complexity index is 262. The molecule has 0 saturated carbocycles. The lowest BCUT2D eigenvalue weighted by Crippen LogP contribution is -1.84. The zero-order valence-electron chi connectivity index (χ0n) is 5.86. The van der Waals surface area contributed by atoms with Crippen molar-refractivity contribution in [1.82, 2.24) is 0 Å². The maximum absolute atomic E-state index is 6.68. The average molecular weight is 148 g/mol. The Morgan fingerprint density at radius 2 is 1.91 bits per heavy atom. The van der Waals surface area contributed by atoms with Gasteiger partial charge in [-0.05, 0) is 17.7 Å². The fraction of sp³-hybridized carbons (Fsp3) is 0. The summed E-state index contributed by atoms with van der Waals surface area (Å²) in [5.74, 6) is 4.94. The molecule has 0 aliphatic heterocycles. The molecule has 0 aliphatic rings. The van der Waals surface area contributed by atoms with Crippen molar-refractivity contribution in [3.63, 3.8) is 0 Å². The zero-order chi connectivity index (χ0) is 8.10. The van der Waals surface area contributed by atoms with Crippen molar-refractivity contribution in [2.75, 3.05) is 0 Å². The number of rotatable bonds is 2. The zero-order valence-corrected chi connectivity index (χ0v) is 5.86. The number of nitrogens with two attached hydrogens (primary N) is 1. The summed E-state index contributed by atoms with van der Waals surface area (Å²) in [5, 5.41) is 6.60. The lowest BCUT2D eigenvalue weighted by molar-refractivity contribution is 1.15. The molecule has 0 unspecified atom stereocenters. The number of nitrogens with zero attached hydrogens (tertiary/aromatic N) is 2. The molecule has 0 atom stereocenters. The molecule has 1 rings (SSSR count). The molecule has 56 valence electrons. The van der Waals surface area contributed by atoms with Crippen molar-refractivity contribution in [3.8, 4) is 0 Å². The van der Waals surface area contributed by atoms with Crippen LogP contribution >= 0.6 is 0 Å². The van der Waals surface area contributed by atoms with Crippen molar-refractivity contribution >= 4 is 11.9 Å². The summed E-state index contributed by atoms with van der Waals surface area (Å²) in [6.07, 6.45) is 1.54. The van der Waals surface area contributed by atoms with E-state index < -0.39 is 0 Å². The topological polar surface area (TPSA) is 74.6 Å². The summed E-state index contributed by atoms with van der Waals surface area (Å²) in [6, 6.07) is 7.04. The van der Waals surface area contributed by atoms with Crippen LogP contribution in [0.5, 0.6) is 0 Å². The van der Waals surface area contributed by atoms with Gasteiger partial charge in [-0.15, -0.1) is 0 Å². The smallest absolute Gasteiger partial charge is 0.0850 e. The second-order valence-corrected chi connectivity index (χ2v) is 1.98. The third kappa shape index (κ3) is 1.86. The van der Waals surface area contributed by atoms with Crippen molar-refractivity contribution in [3.05, 3.63) is 29.8 Å². The van der Waals surface area contributed by atoms with Crippen LogP contribution in [-0.2, 0) is 0 Å². The average Bonchev–Trinajstić information content (AvgIpc) is 2.07. The largest absolute Gasteiger partial charge is 0.323 e. The molecule has 0 aromatic heterocycles. The lowest BCUT2D eigenvalue weighted by atomic mass is 10.2. The summed E-state index contributed by atoms with van der Waals surface area (Å²) >= 11 is 0. The Kier molecular flexibility index (Phi) is 2.32. The highest BCUT2D eigenvalue weighted by molar-refractivity contribution is 5.79. The van der Waals surface area contributed by atoms with Gasteiger partial charge in [0.15, 0.2) is 0 Å². The maximum Gasteiger partial charge on any atom is 0.0850 e. The fourth-order valence-corrected chi connectivity index (χ4v) is 0.721. The van der Waals surface area contributed by atoms with Gasteiger partial charge in [0.1, 0.15) is 0 Å². The molecule has 11 heavy (non-hydrogen) atoms. The van der Waals surface area contributed by atoms with Crippen molar-refractivity contribution < 1.29 is 0 Å². The summed E-state index contributed by atoms with van der Waals surface area (Å²) in [5.41, 5.74) is 8.21. The fourth-order valence-electron chi connectivity index (χ4n) is 0.721. The van der Waals surface area contributed by atoms with Crippen LogP contribution in [0.4, 0.5) is 5.69 Å². The van der Waals surface area contributed by atoms with Crippen LogP contribution in [-0.4, -0.2) is 6.21 Å². The third-order valence-corrected chi connectivity index (χ3v) is 1.25. The van der Waals surface area contributed by atoms with E-state index in [1.54, 1.807) is 24.3 Å². The lowest BCUT2D eigenvalue weighted by Gasteiger charge is -1.91. The van der Waals surface area contributed by atoms with Gasteiger partial charge < -0.3 is 5.84 Å². The Morgan fingerprint density at radius 3 is 2.36 bits per heavy atom. The van der Waals surface area contributed by atoms with Crippen molar-refractivity contribution in [2.24, 2.45) is 16.1 Å². The molecule has 4 heteroatoms. The number of hydrazone groups is 1. The highest BCUT2D eigenvalue weighted by Crippen LogP contribution is 2.10. The number of hydrogen-bond acceptors (Lipinski definition) is 4. The van der Waals surface area contributed by atoms with Crippen LogP contribution in [0, 0.1) is 5.53 Å². The predicted octanol–water partition coefficient (Wildman–Crippen LogP) is 1.64. The van der Waals surface area contributed by atoms with Gasteiger partial charge in [-0.25, -0.2) is 5.53 Å². The number of benzene rings is 1. The first-order chi connectivity index (χ1) is 5.36. The molecule has 0 heterocycles. The Morgan fingerprint density at radius 1 is 1.27 bits per heavy atom. The molecular formula is C7H8N4. The van der Waals surface area contributed by atoms with E-state index >= 15 is 0 Å². The molecular weight excluding hydrogens is 140 g/mol. The van der Waals surface area contributed by atoms with Crippen molar-refractivity contribution in [2.45, 2.75) is 0 Å². The molecule has 3 N–H and O–H groups in total. The summed E-state index contributed by atoms with van der Waals surface area (Å²) in [6.45, 7) is 0. The maximum atomic E-state index is 6.68. The van der Waals surface area contributed by atoms with Crippen LogP contribution in [0.1, 0.15) is 5.56 Å². The highest BCUT2D eigenvalue weighted by atomic mass is 15.1. The Labute approximate surface area is 64.2 Å². The normalized spacial score (nSPS) is 10.2. The molecule has 0 spiro atoms. The molecule has 0 fully saturated rings. The molecule has 0 aliphatic carbocycles. The van der Waals surface area contributed by atoms with Gasteiger partial charge in [0.2, 0.25) is 0 Å². The molecule has 0 amide bonds. The van der Waals surface area contributed by atoms with Gasteiger partial charge in [-0.3, -0.25) is 0 Å². The standard InChI is InChI=1S/C7H8N4/c8-10-5-6-1-3-7(11-9)4-2-6/h1-5,9H,8H2. The van der Waals surface area contributed by atoms with E-state index in [2.05, 4.69) is 10.2 Å². The second-order valence-electron chi connectivity index (χ2n) is 1.98. The van der Waals surface area contributed by atoms with Gasteiger partial charge in [0, 0.05) is 0 Å². The van der Waals surface area contributed by atoms with E-state index in [4.69, 9.17) is 11.4 Å². The first-order valence-electron chi connectivity index (χ1n) is 3.07. The highest BCUT2D eigenvalue weighted by Gasteiger charge is 1.88. The van der Waals surface area contributed by atoms with E-state index in [1.807, 2.05) is 0 Å². The van der Waals surface area contributed by atoms with Crippen LogP contribution in [0.15, 0.2) is 34.5 Å². The minimum Gasteiger partial charge on any atom is -0.323 e. The first kappa shape index (κ1) is 7.40. The Balaban J connectivity index is 2.91. The van der Waals surface area contributed by atoms with E-state index in [0.717, 1.165) is 5.56 Å². The van der Waals surface area contributed by atoms with Crippen LogP contribution < -0.4 is 5.84 Å². The minimum atomic E-state index is 0.624. The van der Waals surface area contributed by atoms with Crippen molar-refractivity contribution in [1.29, 1.82) is 5.53 Å². The summed E-state index contributed by atoms with van der Waals surface area (Å²) in [4.78, 5) is 0. The van der Waals surface area contributed by atoms with Gasteiger partial charge >= 0.3 is 0 Å². The molecule has 0 radical (unpaired) electrons. The molecule has 0 saturated heterocycles. The van der Waals surface area contributed by atoms with E-state index in [-0.39, 0.29) is 0 Å².